The molecule has 0 bridgehead atoms. The quantitative estimate of drug-likeness (QED) is 0.175. The number of hydrogen-bond acceptors (Lipinski definition) is 2. The standard InChI is InChI=1S/C65H42O2/c66-63-57(51-31-13-21-41-17-1-5-25-47(41)51)37-45(38-58(63)52-32-14-22-42-18-2-6-26-48(42)52)65(61-35-11-9-29-55(61)56-30-10-12-36-62(56)65)46-39-59(53-33-15-23-43-19-3-7-27-49(43)53)64(67)60(40-46)54-34-16-24-44-20-4-8-28-50(44)54/h1-40,66-67H. The molecule has 1 aliphatic rings. The number of aromatic hydroxyl groups is 2. The first-order chi connectivity index (χ1) is 33.1. The van der Waals surface area contributed by atoms with Crippen molar-refractivity contribution in [3.8, 4) is 67.1 Å². The van der Waals surface area contributed by atoms with Gasteiger partial charge in [0.15, 0.2) is 0 Å². The first-order valence-corrected chi connectivity index (χ1v) is 22.9. The Morgan fingerprint density at radius 2 is 0.463 bits per heavy atom. The average Bonchev–Trinajstić information content (AvgIpc) is 3.69. The molecule has 0 atom stereocenters. The second kappa shape index (κ2) is 15.2. The Morgan fingerprint density at radius 1 is 0.224 bits per heavy atom. The zero-order chi connectivity index (χ0) is 44.6. The minimum atomic E-state index is -0.939. The van der Waals surface area contributed by atoms with Crippen molar-refractivity contribution in [3.05, 3.63) is 265 Å². The summed E-state index contributed by atoms with van der Waals surface area (Å²) in [6, 6.07) is 85.7. The minimum absolute atomic E-state index is 0.227. The summed E-state index contributed by atoms with van der Waals surface area (Å²) < 4.78 is 0. The third-order valence-corrected chi connectivity index (χ3v) is 14.4. The maximum Gasteiger partial charge on any atom is 0.131 e. The van der Waals surface area contributed by atoms with E-state index in [1.807, 2.05) is 0 Å². The number of rotatable bonds is 6. The van der Waals surface area contributed by atoms with Crippen LogP contribution in [0.25, 0.3) is 98.7 Å². The van der Waals surface area contributed by atoms with Gasteiger partial charge in [0.25, 0.3) is 0 Å². The number of benzene rings is 12. The van der Waals surface area contributed by atoms with E-state index in [4.69, 9.17) is 0 Å². The summed E-state index contributed by atoms with van der Waals surface area (Å²) in [5, 5.41) is 34.7. The van der Waals surface area contributed by atoms with Gasteiger partial charge in [-0.25, -0.2) is 0 Å². The Kier molecular flexibility index (Phi) is 8.78. The molecule has 67 heavy (non-hydrogen) atoms. The van der Waals surface area contributed by atoms with Gasteiger partial charge in [0.1, 0.15) is 11.5 Å². The molecule has 314 valence electrons. The molecule has 0 saturated heterocycles. The molecular formula is C65H42O2. The second-order valence-electron chi connectivity index (χ2n) is 17.8. The topological polar surface area (TPSA) is 40.5 Å². The molecule has 1 aliphatic carbocycles. The summed E-state index contributed by atoms with van der Waals surface area (Å²) in [5.74, 6) is 0.453. The summed E-state index contributed by atoms with van der Waals surface area (Å²) in [6.45, 7) is 0. The minimum Gasteiger partial charge on any atom is -0.507 e. The predicted molar refractivity (Wildman–Crippen MR) is 279 cm³/mol. The van der Waals surface area contributed by atoms with Crippen LogP contribution in [0.5, 0.6) is 11.5 Å². The van der Waals surface area contributed by atoms with E-state index in [1.165, 1.54) is 0 Å². The van der Waals surface area contributed by atoms with Crippen LogP contribution in [-0.2, 0) is 5.41 Å². The molecule has 0 saturated carbocycles. The van der Waals surface area contributed by atoms with Gasteiger partial charge in [0.2, 0.25) is 0 Å². The molecule has 12 aromatic rings. The number of fused-ring (bicyclic) bond motifs is 7. The van der Waals surface area contributed by atoms with E-state index in [-0.39, 0.29) is 11.5 Å². The fourth-order valence-corrected chi connectivity index (χ4v) is 11.4. The lowest BCUT2D eigenvalue weighted by atomic mass is 9.65. The van der Waals surface area contributed by atoms with Crippen LogP contribution in [0.15, 0.2) is 243 Å². The van der Waals surface area contributed by atoms with Crippen LogP contribution in [0.1, 0.15) is 22.3 Å². The molecule has 0 heterocycles. The lowest BCUT2D eigenvalue weighted by molar-refractivity contribution is 0.479. The number of hydrogen-bond donors (Lipinski definition) is 2. The lowest BCUT2D eigenvalue weighted by Gasteiger charge is -2.36. The van der Waals surface area contributed by atoms with Gasteiger partial charge in [-0.15, -0.1) is 0 Å². The van der Waals surface area contributed by atoms with Gasteiger partial charge in [-0.05, 0) is 123 Å². The molecule has 0 amide bonds. The van der Waals surface area contributed by atoms with Gasteiger partial charge < -0.3 is 10.2 Å². The molecular weight excluding hydrogens is 813 g/mol. The maximum absolute atomic E-state index is 13.0. The summed E-state index contributed by atoms with van der Waals surface area (Å²) in [5.41, 5.74) is 12.4. The van der Waals surface area contributed by atoms with Crippen LogP contribution >= 0.6 is 0 Å². The van der Waals surface area contributed by atoms with Crippen molar-refractivity contribution < 1.29 is 10.2 Å². The fourth-order valence-electron chi connectivity index (χ4n) is 11.4. The van der Waals surface area contributed by atoms with Crippen LogP contribution in [-0.4, -0.2) is 10.2 Å². The number of phenols is 2. The predicted octanol–water partition coefficient (Wildman–Crippen LogP) is 16.7. The van der Waals surface area contributed by atoms with E-state index >= 15 is 0 Å². The third kappa shape index (κ3) is 5.83. The van der Waals surface area contributed by atoms with E-state index in [0.717, 1.165) is 121 Å². The Hall–Kier alpha value is -8.72. The van der Waals surface area contributed by atoms with Crippen molar-refractivity contribution >= 4 is 43.1 Å². The molecule has 0 radical (unpaired) electrons. The molecule has 0 fully saturated rings. The zero-order valence-corrected chi connectivity index (χ0v) is 36.5. The van der Waals surface area contributed by atoms with E-state index in [9.17, 15) is 10.2 Å². The van der Waals surface area contributed by atoms with Crippen molar-refractivity contribution in [1.29, 1.82) is 0 Å². The molecule has 13 rings (SSSR count). The molecule has 2 N–H and O–H groups in total. The fraction of sp³-hybridized carbons (Fsp3) is 0.0154. The van der Waals surface area contributed by atoms with Gasteiger partial charge in [-0.1, -0.05) is 218 Å². The van der Waals surface area contributed by atoms with E-state index in [0.29, 0.717) is 0 Å². The van der Waals surface area contributed by atoms with Gasteiger partial charge in [-0.2, -0.15) is 0 Å². The van der Waals surface area contributed by atoms with Crippen molar-refractivity contribution in [3.63, 3.8) is 0 Å². The van der Waals surface area contributed by atoms with Gasteiger partial charge in [0, 0.05) is 22.3 Å². The van der Waals surface area contributed by atoms with E-state index in [2.05, 4.69) is 243 Å². The van der Waals surface area contributed by atoms with Crippen LogP contribution in [0, 0.1) is 0 Å². The Labute approximate surface area is 389 Å². The van der Waals surface area contributed by atoms with Crippen LogP contribution < -0.4 is 0 Å². The highest BCUT2D eigenvalue weighted by molar-refractivity contribution is 6.06. The van der Waals surface area contributed by atoms with Crippen LogP contribution in [0.2, 0.25) is 0 Å². The third-order valence-electron chi connectivity index (χ3n) is 14.4. The normalized spacial score (nSPS) is 12.7. The summed E-state index contributed by atoms with van der Waals surface area (Å²) in [4.78, 5) is 0. The smallest absolute Gasteiger partial charge is 0.131 e. The Balaban J connectivity index is 1.23. The molecule has 0 spiro atoms. The largest absolute Gasteiger partial charge is 0.507 e. The van der Waals surface area contributed by atoms with Crippen molar-refractivity contribution in [1.82, 2.24) is 0 Å². The zero-order valence-electron chi connectivity index (χ0n) is 36.5. The summed E-state index contributed by atoms with van der Waals surface area (Å²) >= 11 is 0. The first-order valence-electron chi connectivity index (χ1n) is 22.9. The number of phenolic OH excluding ortho intramolecular Hbond substituents is 2. The monoisotopic (exact) mass is 854 g/mol. The SMILES string of the molecule is Oc1c(-c2cccc3ccccc23)cc(C2(c3cc(-c4cccc5ccccc45)c(O)c(-c4cccc5ccccc45)c3)c3ccccc3-c3ccccc32)cc1-c1cccc2ccccc12. The molecule has 0 aliphatic heterocycles. The molecule has 12 aromatic carbocycles. The van der Waals surface area contributed by atoms with Gasteiger partial charge >= 0.3 is 0 Å². The van der Waals surface area contributed by atoms with Gasteiger partial charge in [0.05, 0.1) is 5.41 Å². The Morgan fingerprint density at radius 3 is 0.776 bits per heavy atom. The van der Waals surface area contributed by atoms with Gasteiger partial charge in [-0.3, -0.25) is 0 Å². The highest BCUT2D eigenvalue weighted by Crippen LogP contribution is 2.60. The first kappa shape index (κ1) is 38.7. The molecule has 0 unspecified atom stereocenters. The summed E-state index contributed by atoms with van der Waals surface area (Å²) in [6.07, 6.45) is 0. The van der Waals surface area contributed by atoms with E-state index < -0.39 is 5.41 Å². The maximum atomic E-state index is 13.0. The van der Waals surface area contributed by atoms with Crippen molar-refractivity contribution in [2.75, 3.05) is 0 Å². The lowest BCUT2D eigenvalue weighted by Crippen LogP contribution is -2.29. The Bertz CT molecular complexity index is 3490. The van der Waals surface area contributed by atoms with Crippen molar-refractivity contribution in [2.24, 2.45) is 0 Å². The van der Waals surface area contributed by atoms with Crippen LogP contribution in [0.4, 0.5) is 0 Å². The molecule has 2 heteroatoms. The average molecular weight is 855 g/mol. The van der Waals surface area contributed by atoms with E-state index in [1.54, 1.807) is 0 Å². The van der Waals surface area contributed by atoms with Crippen molar-refractivity contribution in [2.45, 2.75) is 5.41 Å². The molecule has 2 nitrogen and oxygen atoms in total. The van der Waals surface area contributed by atoms with Crippen LogP contribution in [0.3, 0.4) is 0 Å². The molecule has 0 aromatic heterocycles. The highest BCUT2D eigenvalue weighted by atomic mass is 16.3. The summed E-state index contributed by atoms with van der Waals surface area (Å²) in [7, 11) is 0. The second-order valence-corrected chi connectivity index (χ2v) is 17.8. The highest BCUT2D eigenvalue weighted by Gasteiger charge is 2.47.